The van der Waals surface area contributed by atoms with Crippen LogP contribution in [0.3, 0.4) is 0 Å². The smallest absolute Gasteiger partial charge is 0.321 e. The number of amides is 3. The molecule has 1 aliphatic heterocycles. The van der Waals surface area contributed by atoms with Gasteiger partial charge in [0, 0.05) is 62.3 Å². The molecule has 1 fully saturated rings. The van der Waals surface area contributed by atoms with Gasteiger partial charge in [0.15, 0.2) is 5.69 Å². The third-order valence-corrected chi connectivity index (χ3v) is 5.69. The van der Waals surface area contributed by atoms with Gasteiger partial charge in [-0.2, -0.15) is 5.10 Å². The third-order valence-electron chi connectivity index (χ3n) is 5.69. The highest BCUT2D eigenvalue weighted by atomic mass is 16.2. The summed E-state index contributed by atoms with van der Waals surface area (Å²) in [5.41, 5.74) is 3.94. The first kappa shape index (κ1) is 21.4. The number of aromatic amines is 1. The van der Waals surface area contributed by atoms with Gasteiger partial charge in [-0.15, -0.1) is 0 Å². The van der Waals surface area contributed by atoms with Crippen molar-refractivity contribution in [2.45, 2.75) is 6.42 Å². The van der Waals surface area contributed by atoms with Gasteiger partial charge in [-0.3, -0.25) is 14.9 Å². The average molecular weight is 457 g/mol. The van der Waals surface area contributed by atoms with E-state index in [1.54, 1.807) is 38.8 Å². The van der Waals surface area contributed by atoms with Gasteiger partial charge in [0.25, 0.3) is 5.91 Å². The minimum atomic E-state index is -0.311. The number of carbonyl (C=O) groups excluding carboxylic acids is 2. The average Bonchev–Trinajstić information content (AvgIpc) is 3.22. The molecular weight excluding hydrogens is 432 g/mol. The van der Waals surface area contributed by atoms with Crippen LogP contribution in [0.25, 0.3) is 22.0 Å². The first-order chi connectivity index (χ1) is 16.5. The van der Waals surface area contributed by atoms with Gasteiger partial charge >= 0.3 is 6.03 Å². The number of nitrogens with zero attached hydrogens (tertiary/aromatic N) is 5. The molecule has 172 valence electrons. The molecule has 0 atom stereocenters. The van der Waals surface area contributed by atoms with Crippen molar-refractivity contribution in [1.82, 2.24) is 25.1 Å². The predicted octanol–water partition coefficient (Wildman–Crippen LogP) is 3.58. The maximum absolute atomic E-state index is 13.0. The van der Waals surface area contributed by atoms with E-state index < -0.39 is 0 Å². The number of hydrogen-bond acceptors (Lipinski definition) is 6. The summed E-state index contributed by atoms with van der Waals surface area (Å²) in [6.07, 6.45) is 6.14. The predicted molar refractivity (Wildman–Crippen MR) is 131 cm³/mol. The fourth-order valence-electron chi connectivity index (χ4n) is 3.67. The molecule has 5 rings (SSSR count). The summed E-state index contributed by atoms with van der Waals surface area (Å²) in [6, 6.07) is 10.9. The normalized spacial score (nSPS) is 12.8. The van der Waals surface area contributed by atoms with E-state index in [0.29, 0.717) is 22.5 Å². The van der Waals surface area contributed by atoms with E-state index in [1.807, 2.05) is 30.3 Å². The summed E-state index contributed by atoms with van der Waals surface area (Å²) in [5.74, 6) is 0.543. The minimum absolute atomic E-state index is 0.239. The van der Waals surface area contributed by atoms with Gasteiger partial charge in [-0.25, -0.2) is 9.78 Å². The Labute approximate surface area is 196 Å². The van der Waals surface area contributed by atoms with E-state index in [4.69, 9.17) is 0 Å². The molecule has 10 nitrogen and oxygen atoms in total. The molecule has 0 radical (unpaired) electrons. The number of carbonyl (C=O) groups is 2. The second kappa shape index (κ2) is 8.81. The molecule has 0 aliphatic carbocycles. The minimum Gasteiger partial charge on any atom is -0.356 e. The van der Waals surface area contributed by atoms with Crippen LogP contribution in [0.15, 0.2) is 55.0 Å². The largest absolute Gasteiger partial charge is 0.356 e. The highest BCUT2D eigenvalue weighted by Crippen LogP contribution is 2.27. The number of H-pyrrole nitrogens is 1. The molecule has 1 aliphatic rings. The molecule has 0 saturated carbocycles. The zero-order valence-corrected chi connectivity index (χ0v) is 18.9. The van der Waals surface area contributed by atoms with E-state index >= 15 is 0 Å². The Balaban J connectivity index is 1.40. The molecule has 4 aromatic rings. The molecule has 3 aromatic heterocycles. The standard InChI is InChI=1S/C24H24N8O2/c1-31(2)24(34)28-18-10-16(13-25-14-18)15-4-5-20-19(11-15)22(30-29-20)23(33)27-17-6-7-26-21(12-17)32-8-3-9-32/h4-7,10-14H,3,8-9H2,1-2H3,(H,28,34)(H,29,30)(H,26,27,33). The lowest BCUT2D eigenvalue weighted by molar-refractivity contribution is 0.102. The van der Waals surface area contributed by atoms with Crippen LogP contribution in [0.1, 0.15) is 16.9 Å². The van der Waals surface area contributed by atoms with E-state index in [0.717, 1.165) is 42.0 Å². The molecule has 0 bridgehead atoms. The SMILES string of the molecule is CN(C)C(=O)Nc1cncc(-c2ccc3[nH]nc(C(=O)Nc4ccnc(N5CCC5)c4)c3c2)c1. The Morgan fingerprint density at radius 3 is 2.62 bits per heavy atom. The van der Waals surface area contributed by atoms with Crippen LogP contribution in [0, 0.1) is 0 Å². The molecule has 4 heterocycles. The molecule has 10 heteroatoms. The van der Waals surface area contributed by atoms with Crippen molar-refractivity contribution in [3.05, 3.63) is 60.7 Å². The summed E-state index contributed by atoms with van der Waals surface area (Å²) >= 11 is 0. The lowest BCUT2D eigenvalue weighted by Crippen LogP contribution is -2.37. The van der Waals surface area contributed by atoms with Gasteiger partial charge in [0.1, 0.15) is 5.82 Å². The van der Waals surface area contributed by atoms with Gasteiger partial charge in [-0.1, -0.05) is 6.07 Å². The first-order valence-electron chi connectivity index (χ1n) is 10.9. The lowest BCUT2D eigenvalue weighted by Gasteiger charge is -2.32. The topological polar surface area (TPSA) is 119 Å². The van der Waals surface area contributed by atoms with Gasteiger partial charge in [-0.05, 0) is 36.2 Å². The van der Waals surface area contributed by atoms with Gasteiger partial charge < -0.3 is 20.4 Å². The van der Waals surface area contributed by atoms with Crippen molar-refractivity contribution in [1.29, 1.82) is 0 Å². The third kappa shape index (κ3) is 4.25. The van der Waals surface area contributed by atoms with Crippen molar-refractivity contribution in [2.75, 3.05) is 42.7 Å². The molecule has 34 heavy (non-hydrogen) atoms. The Morgan fingerprint density at radius 1 is 1.00 bits per heavy atom. The van der Waals surface area contributed by atoms with Gasteiger partial charge in [0.05, 0.1) is 17.4 Å². The highest BCUT2D eigenvalue weighted by molar-refractivity contribution is 6.11. The Morgan fingerprint density at radius 2 is 1.85 bits per heavy atom. The summed E-state index contributed by atoms with van der Waals surface area (Å²) < 4.78 is 0. The number of pyridine rings is 2. The van der Waals surface area contributed by atoms with E-state index in [9.17, 15) is 9.59 Å². The molecule has 3 amide bonds. The van der Waals surface area contributed by atoms with Crippen LogP contribution in [-0.4, -0.2) is 64.2 Å². The van der Waals surface area contributed by atoms with Crippen LogP contribution in [0.2, 0.25) is 0 Å². The fourth-order valence-corrected chi connectivity index (χ4v) is 3.67. The maximum Gasteiger partial charge on any atom is 0.321 e. The molecule has 1 saturated heterocycles. The number of nitrogens with one attached hydrogen (secondary N) is 3. The number of anilines is 3. The van der Waals surface area contributed by atoms with Crippen LogP contribution < -0.4 is 15.5 Å². The molecule has 0 unspecified atom stereocenters. The summed E-state index contributed by atoms with van der Waals surface area (Å²) in [5, 5.41) is 13.6. The quantitative estimate of drug-likeness (QED) is 0.422. The zero-order valence-electron chi connectivity index (χ0n) is 18.9. The number of benzene rings is 1. The fraction of sp³-hybridized carbons (Fsp3) is 0.208. The Kier molecular flexibility index (Phi) is 5.54. The van der Waals surface area contributed by atoms with E-state index in [1.165, 1.54) is 4.90 Å². The number of aromatic nitrogens is 4. The maximum atomic E-state index is 13.0. The van der Waals surface area contributed by atoms with E-state index in [2.05, 4.69) is 35.7 Å². The van der Waals surface area contributed by atoms with Crippen molar-refractivity contribution < 1.29 is 9.59 Å². The second-order valence-electron chi connectivity index (χ2n) is 8.32. The zero-order chi connectivity index (χ0) is 23.7. The van der Waals surface area contributed by atoms with Crippen molar-refractivity contribution in [3.63, 3.8) is 0 Å². The van der Waals surface area contributed by atoms with Crippen LogP contribution in [0.5, 0.6) is 0 Å². The van der Waals surface area contributed by atoms with Crippen molar-refractivity contribution in [2.24, 2.45) is 0 Å². The van der Waals surface area contributed by atoms with Crippen LogP contribution >= 0.6 is 0 Å². The Bertz CT molecular complexity index is 1380. The monoisotopic (exact) mass is 456 g/mol. The summed E-state index contributed by atoms with van der Waals surface area (Å²) in [6.45, 7) is 1.96. The number of urea groups is 1. The second-order valence-corrected chi connectivity index (χ2v) is 8.32. The van der Waals surface area contributed by atoms with Crippen LogP contribution in [-0.2, 0) is 0 Å². The van der Waals surface area contributed by atoms with Crippen LogP contribution in [0.4, 0.5) is 22.0 Å². The van der Waals surface area contributed by atoms with Crippen molar-refractivity contribution >= 4 is 40.0 Å². The summed E-state index contributed by atoms with van der Waals surface area (Å²) in [4.78, 5) is 37.3. The number of rotatable bonds is 5. The Hall–Kier alpha value is -4.47. The number of fused-ring (bicyclic) bond motifs is 1. The lowest BCUT2D eigenvalue weighted by atomic mass is 10.0. The molecule has 1 aromatic carbocycles. The highest BCUT2D eigenvalue weighted by Gasteiger charge is 2.18. The van der Waals surface area contributed by atoms with Gasteiger partial charge in [0.2, 0.25) is 0 Å². The van der Waals surface area contributed by atoms with Crippen molar-refractivity contribution in [3.8, 4) is 11.1 Å². The van der Waals surface area contributed by atoms with E-state index in [-0.39, 0.29) is 11.9 Å². The first-order valence-corrected chi connectivity index (χ1v) is 10.9. The summed E-state index contributed by atoms with van der Waals surface area (Å²) in [7, 11) is 3.34. The number of hydrogen-bond donors (Lipinski definition) is 3. The molecule has 3 N–H and O–H groups in total. The molecular formula is C24H24N8O2. The molecule has 0 spiro atoms.